The molecule has 4 rings (SSSR count). The number of anilines is 1. The molecule has 0 aliphatic carbocycles. The molecule has 0 unspecified atom stereocenters. The average molecular weight is 379 g/mol. The smallest absolute Gasteiger partial charge is 0.182 e. The van der Waals surface area contributed by atoms with Gasteiger partial charge in [-0.15, -0.1) is 11.3 Å². The molecule has 1 saturated heterocycles. The van der Waals surface area contributed by atoms with Crippen LogP contribution in [-0.4, -0.2) is 31.4 Å². The highest BCUT2D eigenvalue weighted by atomic mass is 32.1. The fourth-order valence-electron chi connectivity index (χ4n) is 3.18. The minimum absolute atomic E-state index is 0.0360. The second-order valence-corrected chi connectivity index (χ2v) is 7.59. The predicted octanol–water partition coefficient (Wildman–Crippen LogP) is 3.77. The minimum Gasteiger partial charge on any atom is -0.392 e. The molecule has 0 spiro atoms. The summed E-state index contributed by atoms with van der Waals surface area (Å²) < 4.78 is 5.41. The van der Waals surface area contributed by atoms with Gasteiger partial charge in [-0.1, -0.05) is 48.5 Å². The first-order chi connectivity index (χ1) is 13.2. The van der Waals surface area contributed by atoms with Crippen molar-refractivity contribution < 1.29 is 9.84 Å². The van der Waals surface area contributed by atoms with Gasteiger partial charge in [0.2, 0.25) is 0 Å². The Morgan fingerprint density at radius 2 is 1.48 bits per heavy atom. The summed E-state index contributed by atoms with van der Waals surface area (Å²) in [6.45, 7) is 3.10. The maximum atomic E-state index is 12.2. The van der Waals surface area contributed by atoms with E-state index in [0.29, 0.717) is 13.2 Å². The van der Waals surface area contributed by atoms with E-state index in [2.05, 4.69) is 29.2 Å². The summed E-state index contributed by atoms with van der Waals surface area (Å²) in [5, 5.41) is 10.2. The molecule has 0 radical (unpaired) electrons. The average Bonchev–Trinajstić information content (AvgIpc) is 2.74. The van der Waals surface area contributed by atoms with Crippen molar-refractivity contribution in [3.63, 3.8) is 0 Å². The molecular weight excluding hydrogens is 358 g/mol. The lowest BCUT2D eigenvalue weighted by atomic mass is 10.0. The highest BCUT2D eigenvalue weighted by molar-refractivity contribution is 7.19. The van der Waals surface area contributed by atoms with Gasteiger partial charge in [-0.2, -0.15) is 0 Å². The van der Waals surface area contributed by atoms with Gasteiger partial charge in [-0.05, 0) is 22.3 Å². The third-order valence-corrected chi connectivity index (χ3v) is 5.87. The third kappa shape index (κ3) is 4.11. The zero-order valence-electron chi connectivity index (χ0n) is 14.9. The van der Waals surface area contributed by atoms with Crippen LogP contribution in [0.3, 0.4) is 0 Å². The van der Waals surface area contributed by atoms with Crippen molar-refractivity contribution in [3.8, 4) is 21.6 Å². The van der Waals surface area contributed by atoms with Crippen LogP contribution in [0.1, 0.15) is 5.56 Å². The molecule has 1 aliphatic rings. The van der Waals surface area contributed by atoms with Crippen molar-refractivity contribution in [2.75, 3.05) is 31.2 Å². The lowest BCUT2D eigenvalue weighted by molar-refractivity contribution is 0.123. The van der Waals surface area contributed by atoms with E-state index in [9.17, 15) is 4.79 Å². The van der Waals surface area contributed by atoms with E-state index in [4.69, 9.17) is 9.84 Å². The summed E-state index contributed by atoms with van der Waals surface area (Å²) in [6, 6.07) is 19.6. The quantitative estimate of drug-likeness (QED) is 0.750. The van der Waals surface area contributed by atoms with Crippen molar-refractivity contribution in [2.24, 2.45) is 0 Å². The van der Waals surface area contributed by atoms with E-state index in [1.807, 2.05) is 24.3 Å². The summed E-state index contributed by atoms with van der Waals surface area (Å²) in [5.74, 6) is 0. The molecule has 0 atom stereocenters. The van der Waals surface area contributed by atoms with Crippen LogP contribution in [0.4, 0.5) is 5.00 Å². The first-order valence-corrected chi connectivity index (χ1v) is 9.83. The Kier molecular flexibility index (Phi) is 5.34. The predicted molar refractivity (Wildman–Crippen MR) is 110 cm³/mol. The first kappa shape index (κ1) is 17.9. The number of benzene rings is 2. The summed E-state index contributed by atoms with van der Waals surface area (Å²) in [4.78, 5) is 15.4. The fourth-order valence-corrected chi connectivity index (χ4v) is 4.32. The number of aliphatic hydroxyl groups is 1. The van der Waals surface area contributed by atoms with Crippen LogP contribution < -0.4 is 10.3 Å². The molecule has 1 fully saturated rings. The van der Waals surface area contributed by atoms with Gasteiger partial charge >= 0.3 is 0 Å². The van der Waals surface area contributed by atoms with E-state index >= 15 is 0 Å². The second-order valence-electron chi connectivity index (χ2n) is 6.53. The first-order valence-electron chi connectivity index (χ1n) is 9.01. The van der Waals surface area contributed by atoms with Crippen molar-refractivity contribution in [1.82, 2.24) is 0 Å². The van der Waals surface area contributed by atoms with E-state index in [-0.39, 0.29) is 12.0 Å². The molecule has 1 N–H and O–H groups in total. The Morgan fingerprint density at radius 1 is 0.889 bits per heavy atom. The lowest BCUT2D eigenvalue weighted by Crippen LogP contribution is -2.36. The topological polar surface area (TPSA) is 49.8 Å². The summed E-state index contributed by atoms with van der Waals surface area (Å²) >= 11 is 1.65. The molecular formula is C22H21NO3S. The van der Waals surface area contributed by atoms with Crippen LogP contribution >= 0.6 is 11.3 Å². The minimum atomic E-state index is 0.0360. The van der Waals surface area contributed by atoms with Gasteiger partial charge in [-0.25, -0.2) is 0 Å². The van der Waals surface area contributed by atoms with Crippen LogP contribution in [0.15, 0.2) is 65.5 Å². The van der Waals surface area contributed by atoms with E-state index in [1.165, 1.54) is 0 Å². The normalized spacial score (nSPS) is 14.3. The highest BCUT2D eigenvalue weighted by Gasteiger charge is 2.14. The van der Waals surface area contributed by atoms with Crippen LogP contribution in [0.25, 0.3) is 21.6 Å². The van der Waals surface area contributed by atoms with Crippen LogP contribution in [0, 0.1) is 0 Å². The molecule has 27 heavy (non-hydrogen) atoms. The Balaban J connectivity index is 1.61. The second kappa shape index (κ2) is 8.05. The molecule has 4 nitrogen and oxygen atoms in total. The van der Waals surface area contributed by atoms with Crippen LogP contribution in [0.2, 0.25) is 0 Å². The van der Waals surface area contributed by atoms with Gasteiger partial charge < -0.3 is 14.7 Å². The Morgan fingerprint density at radius 3 is 2.11 bits per heavy atom. The van der Waals surface area contributed by atoms with Gasteiger partial charge in [0.25, 0.3) is 0 Å². The van der Waals surface area contributed by atoms with Crippen molar-refractivity contribution in [1.29, 1.82) is 0 Å². The molecule has 0 amide bonds. The van der Waals surface area contributed by atoms with Gasteiger partial charge in [0.15, 0.2) is 5.43 Å². The monoisotopic (exact) mass is 379 g/mol. The maximum Gasteiger partial charge on any atom is 0.182 e. The molecule has 3 aromatic rings. The molecule has 2 aromatic carbocycles. The van der Waals surface area contributed by atoms with Crippen molar-refractivity contribution in [2.45, 2.75) is 6.61 Å². The van der Waals surface area contributed by atoms with Crippen LogP contribution in [-0.2, 0) is 11.3 Å². The number of aliphatic hydroxyl groups excluding tert-OH is 1. The van der Waals surface area contributed by atoms with Gasteiger partial charge in [-0.3, -0.25) is 4.79 Å². The molecule has 1 aliphatic heterocycles. The van der Waals surface area contributed by atoms with Gasteiger partial charge in [0.1, 0.15) is 0 Å². The molecule has 138 valence electrons. The number of nitrogens with zero attached hydrogens (tertiary/aromatic N) is 1. The number of hydrogen-bond acceptors (Lipinski definition) is 5. The largest absolute Gasteiger partial charge is 0.392 e. The lowest BCUT2D eigenvalue weighted by Gasteiger charge is -2.28. The summed E-state index contributed by atoms with van der Waals surface area (Å²) in [7, 11) is 0. The Bertz CT molecular complexity index is 958. The fraction of sp³-hybridized carbons (Fsp3) is 0.227. The SMILES string of the molecule is O=c1cc(-c2ccc(-c3ccc(CO)cc3)cc2)sc(N2CCOCC2)c1. The van der Waals surface area contributed by atoms with E-state index in [1.54, 1.807) is 23.5 Å². The van der Waals surface area contributed by atoms with Crippen molar-refractivity contribution in [3.05, 3.63) is 76.5 Å². The Labute approximate surface area is 162 Å². The van der Waals surface area contributed by atoms with Gasteiger partial charge in [0.05, 0.1) is 24.8 Å². The van der Waals surface area contributed by atoms with E-state index in [0.717, 1.165) is 45.2 Å². The standard InChI is InChI=1S/C22H21NO3S/c24-15-16-1-3-17(4-2-16)18-5-7-19(8-6-18)21-13-20(25)14-22(27-21)23-9-11-26-12-10-23/h1-8,13-14,24H,9-12,15H2. The third-order valence-electron chi connectivity index (χ3n) is 4.72. The number of ether oxygens (including phenoxy) is 1. The molecule has 2 heterocycles. The zero-order chi connectivity index (χ0) is 18.6. The molecule has 1 aromatic heterocycles. The molecule has 5 heteroatoms. The number of hydrogen-bond donors (Lipinski definition) is 1. The summed E-state index contributed by atoms with van der Waals surface area (Å²) in [5.41, 5.74) is 4.20. The Hall–Kier alpha value is -2.47. The molecule has 0 saturated carbocycles. The zero-order valence-corrected chi connectivity index (χ0v) is 15.7. The van der Waals surface area contributed by atoms with E-state index < -0.39 is 0 Å². The molecule has 0 bridgehead atoms. The van der Waals surface area contributed by atoms with Crippen LogP contribution in [0.5, 0.6) is 0 Å². The highest BCUT2D eigenvalue weighted by Crippen LogP contribution is 2.31. The number of rotatable bonds is 4. The van der Waals surface area contributed by atoms with Crippen molar-refractivity contribution >= 4 is 16.3 Å². The maximum absolute atomic E-state index is 12.2. The van der Waals surface area contributed by atoms with Gasteiger partial charge in [0, 0.05) is 30.1 Å². The number of morpholine rings is 1. The summed E-state index contributed by atoms with van der Waals surface area (Å²) in [6.07, 6.45) is 0.